The van der Waals surface area contributed by atoms with Crippen LogP contribution in [0.1, 0.15) is 162 Å². The van der Waals surface area contributed by atoms with Gasteiger partial charge in [0.25, 0.3) is 7.82 Å². The fourth-order valence-electron chi connectivity index (χ4n) is 6.05. The number of nitrogens with zero attached hydrogens (tertiary/aromatic N) is 1. The van der Waals surface area contributed by atoms with Crippen LogP contribution >= 0.6 is 7.82 Å². The summed E-state index contributed by atoms with van der Waals surface area (Å²) in [5.74, 6) is -0.227. The van der Waals surface area contributed by atoms with Crippen molar-refractivity contribution in [1.29, 1.82) is 0 Å². The van der Waals surface area contributed by atoms with Crippen LogP contribution in [0.5, 0.6) is 0 Å². The molecule has 0 heterocycles. The van der Waals surface area contributed by atoms with Crippen molar-refractivity contribution >= 4 is 13.7 Å². The van der Waals surface area contributed by atoms with Gasteiger partial charge in [-0.2, -0.15) is 0 Å². The Balaban J connectivity index is 4.14. The molecule has 9 heteroatoms. The molecule has 0 aromatic carbocycles. The Bertz CT molecular complexity index is 1430. The molecule has 0 fully saturated rings. The summed E-state index contributed by atoms with van der Waals surface area (Å²) < 4.78 is 23.1. The van der Waals surface area contributed by atoms with Crippen molar-refractivity contribution in [2.45, 2.75) is 174 Å². The van der Waals surface area contributed by atoms with Crippen molar-refractivity contribution < 1.29 is 32.9 Å². The van der Waals surface area contributed by atoms with Crippen molar-refractivity contribution in [2.24, 2.45) is 0 Å². The Morgan fingerprint density at radius 1 is 0.571 bits per heavy atom. The van der Waals surface area contributed by atoms with Gasteiger partial charge in [-0.05, 0) is 89.9 Å². The van der Waals surface area contributed by atoms with Gasteiger partial charge in [0.15, 0.2) is 0 Å². The molecule has 3 unspecified atom stereocenters. The van der Waals surface area contributed by atoms with E-state index in [0.29, 0.717) is 17.4 Å². The topological polar surface area (TPSA) is 108 Å². The van der Waals surface area contributed by atoms with Crippen LogP contribution in [0.15, 0.2) is 122 Å². The van der Waals surface area contributed by atoms with Gasteiger partial charge < -0.3 is 28.8 Å². The van der Waals surface area contributed by atoms with Gasteiger partial charge in [-0.25, -0.2) is 0 Å². The Kier molecular flexibility index (Phi) is 41.9. The van der Waals surface area contributed by atoms with Crippen LogP contribution < -0.4 is 10.2 Å². The lowest BCUT2D eigenvalue weighted by Gasteiger charge is -2.29. The summed E-state index contributed by atoms with van der Waals surface area (Å²) in [6, 6.07) is -0.913. The Hall–Kier alpha value is -3.10. The molecule has 0 spiro atoms. The number of aliphatic hydroxyl groups excluding tert-OH is 1. The molecule has 63 heavy (non-hydrogen) atoms. The maximum atomic E-state index is 12.8. The molecule has 0 saturated heterocycles. The average Bonchev–Trinajstić information content (AvgIpc) is 3.24. The van der Waals surface area contributed by atoms with E-state index in [1.807, 2.05) is 27.2 Å². The third-order valence-electron chi connectivity index (χ3n) is 9.91. The van der Waals surface area contributed by atoms with E-state index >= 15 is 0 Å². The predicted octanol–water partition coefficient (Wildman–Crippen LogP) is 13.6. The second-order valence-corrected chi connectivity index (χ2v) is 18.5. The molecule has 358 valence electrons. The molecule has 1 amide bonds. The van der Waals surface area contributed by atoms with Gasteiger partial charge in [0, 0.05) is 6.42 Å². The van der Waals surface area contributed by atoms with Gasteiger partial charge in [0.1, 0.15) is 13.2 Å². The summed E-state index contributed by atoms with van der Waals surface area (Å²) in [5, 5.41) is 13.7. The molecular weight excluding hydrogens is 804 g/mol. The monoisotopic (exact) mass is 895 g/mol. The van der Waals surface area contributed by atoms with E-state index in [1.165, 1.54) is 32.1 Å². The highest BCUT2D eigenvalue weighted by molar-refractivity contribution is 7.45. The smallest absolute Gasteiger partial charge is 0.268 e. The van der Waals surface area contributed by atoms with Crippen molar-refractivity contribution in [2.75, 3.05) is 40.9 Å². The highest BCUT2D eigenvalue weighted by Crippen LogP contribution is 2.38. The number of aliphatic hydroxyl groups is 1. The summed E-state index contributed by atoms with van der Waals surface area (Å²) in [6.07, 6.45) is 65.7. The number of allylic oxidation sites excluding steroid dienone is 19. The van der Waals surface area contributed by atoms with Crippen LogP contribution in [-0.4, -0.2) is 68.5 Å². The SMILES string of the molecule is CC/C=C\C/C=C\C/C=C\C/C=C\C/C=C\C/C=C\C/C=C\C/C=C\CCCCCCCCCCC(=O)NC(COP(=O)([O-])OCC[N+](C)(C)C)C(O)/C=C/CC/C=C/CCCC. The number of carbonyl (C=O) groups is 1. The summed E-state index contributed by atoms with van der Waals surface area (Å²) >= 11 is 0. The number of phosphoric ester groups is 1. The molecule has 0 rings (SSSR count). The minimum Gasteiger partial charge on any atom is -0.756 e. The number of quaternary nitrogens is 1. The van der Waals surface area contributed by atoms with Gasteiger partial charge in [-0.1, -0.05) is 187 Å². The molecule has 0 aliphatic rings. The molecule has 0 aliphatic carbocycles. The van der Waals surface area contributed by atoms with E-state index in [0.717, 1.165) is 109 Å². The van der Waals surface area contributed by atoms with E-state index in [9.17, 15) is 19.4 Å². The second kappa shape index (κ2) is 44.1. The van der Waals surface area contributed by atoms with E-state index in [1.54, 1.807) is 6.08 Å². The maximum Gasteiger partial charge on any atom is 0.268 e. The number of carbonyl (C=O) groups excluding carboxylic acids is 1. The van der Waals surface area contributed by atoms with Crippen molar-refractivity contribution in [1.82, 2.24) is 5.32 Å². The molecule has 0 radical (unpaired) electrons. The Morgan fingerprint density at radius 2 is 0.984 bits per heavy atom. The molecule has 0 aromatic rings. The zero-order valence-corrected chi connectivity index (χ0v) is 41.4. The highest BCUT2D eigenvalue weighted by atomic mass is 31.2. The first-order valence-electron chi connectivity index (χ1n) is 24.4. The van der Waals surface area contributed by atoms with E-state index in [2.05, 4.69) is 129 Å². The third-order valence-corrected chi connectivity index (χ3v) is 10.9. The number of unbranched alkanes of at least 4 members (excludes halogenated alkanes) is 11. The van der Waals surface area contributed by atoms with Crippen LogP contribution in [0.3, 0.4) is 0 Å². The van der Waals surface area contributed by atoms with Gasteiger partial charge in [-0.3, -0.25) is 9.36 Å². The van der Waals surface area contributed by atoms with Gasteiger partial charge in [-0.15, -0.1) is 0 Å². The average molecular weight is 895 g/mol. The maximum absolute atomic E-state index is 12.8. The van der Waals surface area contributed by atoms with E-state index in [4.69, 9.17) is 9.05 Å². The van der Waals surface area contributed by atoms with E-state index < -0.39 is 26.6 Å². The van der Waals surface area contributed by atoms with Crippen LogP contribution in [0.2, 0.25) is 0 Å². The van der Waals surface area contributed by atoms with Crippen molar-refractivity contribution in [3.05, 3.63) is 122 Å². The minimum absolute atomic E-state index is 0.0153. The summed E-state index contributed by atoms with van der Waals surface area (Å²) in [7, 11) is 1.21. The zero-order chi connectivity index (χ0) is 46.4. The quantitative estimate of drug-likeness (QED) is 0.0273. The first kappa shape index (κ1) is 59.9. The van der Waals surface area contributed by atoms with Gasteiger partial charge in [0.2, 0.25) is 5.91 Å². The molecule has 0 aromatic heterocycles. The number of hydrogen-bond donors (Lipinski definition) is 2. The Labute approximate surface area is 386 Å². The molecule has 8 nitrogen and oxygen atoms in total. The van der Waals surface area contributed by atoms with Gasteiger partial charge >= 0.3 is 0 Å². The number of hydrogen-bond acceptors (Lipinski definition) is 6. The third kappa shape index (κ3) is 46.7. The lowest BCUT2D eigenvalue weighted by Crippen LogP contribution is -2.45. The van der Waals surface area contributed by atoms with Crippen LogP contribution in [0.4, 0.5) is 0 Å². The molecule has 2 N–H and O–H groups in total. The highest BCUT2D eigenvalue weighted by Gasteiger charge is 2.23. The summed E-state index contributed by atoms with van der Waals surface area (Å²) in [6.45, 7) is 4.39. The fourth-order valence-corrected chi connectivity index (χ4v) is 6.77. The van der Waals surface area contributed by atoms with Crippen LogP contribution in [0.25, 0.3) is 0 Å². The fraction of sp³-hybridized carbons (Fsp3) is 0.611. The summed E-state index contributed by atoms with van der Waals surface area (Å²) in [4.78, 5) is 25.2. The second-order valence-electron chi connectivity index (χ2n) is 17.1. The number of rotatable bonds is 42. The lowest BCUT2D eigenvalue weighted by molar-refractivity contribution is -0.870. The number of phosphoric acid groups is 1. The van der Waals surface area contributed by atoms with Crippen LogP contribution in [-0.2, 0) is 18.4 Å². The van der Waals surface area contributed by atoms with Crippen molar-refractivity contribution in [3.8, 4) is 0 Å². The summed E-state index contributed by atoms with van der Waals surface area (Å²) in [5.41, 5.74) is 0. The Morgan fingerprint density at radius 3 is 1.48 bits per heavy atom. The first-order chi connectivity index (χ1) is 30.5. The van der Waals surface area contributed by atoms with Crippen LogP contribution in [0, 0.1) is 0 Å². The molecule has 0 aliphatic heterocycles. The zero-order valence-electron chi connectivity index (χ0n) is 40.5. The molecule has 0 bridgehead atoms. The van der Waals surface area contributed by atoms with E-state index in [-0.39, 0.29) is 12.5 Å². The van der Waals surface area contributed by atoms with Gasteiger partial charge in [0.05, 0.1) is 39.9 Å². The van der Waals surface area contributed by atoms with Crippen molar-refractivity contribution in [3.63, 3.8) is 0 Å². The molecule has 0 saturated carbocycles. The molecule has 3 atom stereocenters. The largest absolute Gasteiger partial charge is 0.756 e. The number of likely N-dealkylation sites (N-methyl/N-ethyl adjacent to an activating group) is 1. The molecular formula is C54H91N2O6P. The first-order valence-corrected chi connectivity index (χ1v) is 25.9. The standard InChI is InChI=1S/C54H91N2O6P/c1-6-8-10-12-14-16-17-18-19-20-21-22-23-24-25-26-27-28-29-30-31-32-33-34-35-36-37-38-39-40-42-44-46-48-54(58)55-52(51-62-63(59,60)61-50-49-56(3,4)5)53(57)47-45-43-41-15-13-11-9-7-2/h8,10,13-16,18-19,21-22,24-25,27-28,30-31,33-34,45,47,52-53,57H,6-7,9,11-12,17,20,23,26,29,32,35-44,46,48-51H2,1-5H3,(H-,55,58,59,60)/b10-8-,15-13+,16-14-,19-18-,22-21-,25-24-,28-27-,31-30-,34-33-,47-45+. The predicted molar refractivity (Wildman–Crippen MR) is 269 cm³/mol. The number of nitrogens with one attached hydrogen (secondary N) is 1. The lowest BCUT2D eigenvalue weighted by atomic mass is 10.1. The number of amides is 1. The normalized spacial score (nSPS) is 15.2. The minimum atomic E-state index is -4.60.